The number of amides is 3. The molecule has 2 aromatic carbocycles. The molecule has 1 N–H and O–H groups in total. The summed E-state index contributed by atoms with van der Waals surface area (Å²) in [4.78, 5) is 70.0. The fourth-order valence-corrected chi connectivity index (χ4v) is 3.02. The first-order chi connectivity index (χ1) is 15.1. The predicted molar refractivity (Wildman–Crippen MR) is 106 cm³/mol. The summed E-state index contributed by atoms with van der Waals surface area (Å²) >= 11 is 0. The minimum absolute atomic E-state index is 0.102. The quantitative estimate of drug-likeness (QED) is 0.288. The molecule has 0 spiro atoms. The minimum atomic E-state index is -1.13. The van der Waals surface area contributed by atoms with E-state index in [9.17, 15) is 39.4 Å². The third-order valence-corrected chi connectivity index (χ3v) is 4.45. The molecule has 0 aliphatic carbocycles. The number of anilines is 1. The van der Waals surface area contributed by atoms with Crippen LogP contribution in [0.1, 0.15) is 26.3 Å². The van der Waals surface area contributed by atoms with Crippen molar-refractivity contribution in [2.24, 2.45) is 0 Å². The van der Waals surface area contributed by atoms with Crippen LogP contribution in [0.3, 0.4) is 0 Å². The van der Waals surface area contributed by atoms with Gasteiger partial charge in [-0.3, -0.25) is 44.3 Å². The van der Waals surface area contributed by atoms with Gasteiger partial charge in [0.05, 0.1) is 15.4 Å². The molecule has 0 saturated carbocycles. The van der Waals surface area contributed by atoms with Gasteiger partial charge >= 0.3 is 5.97 Å². The Morgan fingerprint density at radius 1 is 1.03 bits per heavy atom. The standard InChI is InChI=1S/C19H14N4O9/c1-10-5-6-12(14(7-10)23(30)31)20-15(24)9-32-16(25)8-21-18(26)11-3-2-4-13(22(28)29)17(11)19(21)27/h2-7H,8-9H2,1H3,(H,20,24). The Hall–Kier alpha value is -4.68. The van der Waals surface area contributed by atoms with Crippen LogP contribution in [0.25, 0.3) is 0 Å². The number of imide groups is 1. The number of hydrogen-bond donors (Lipinski definition) is 1. The zero-order valence-corrected chi connectivity index (χ0v) is 16.4. The maximum atomic E-state index is 12.4. The number of esters is 1. The molecule has 0 fully saturated rings. The number of rotatable bonds is 7. The number of carbonyl (C=O) groups excluding carboxylic acids is 4. The van der Waals surface area contributed by atoms with E-state index < -0.39 is 57.9 Å². The monoisotopic (exact) mass is 442 g/mol. The van der Waals surface area contributed by atoms with Gasteiger partial charge in [0.1, 0.15) is 17.8 Å². The van der Waals surface area contributed by atoms with E-state index in [1.807, 2.05) is 0 Å². The third kappa shape index (κ3) is 4.26. The molecule has 32 heavy (non-hydrogen) atoms. The zero-order valence-electron chi connectivity index (χ0n) is 16.4. The molecule has 13 nitrogen and oxygen atoms in total. The Bertz CT molecular complexity index is 1190. The molecule has 0 radical (unpaired) electrons. The van der Waals surface area contributed by atoms with Gasteiger partial charge in [-0.15, -0.1) is 0 Å². The molecular weight excluding hydrogens is 428 g/mol. The van der Waals surface area contributed by atoms with Gasteiger partial charge in [0, 0.05) is 12.1 Å². The van der Waals surface area contributed by atoms with E-state index in [0.717, 1.165) is 6.07 Å². The number of nitrogens with zero attached hydrogens (tertiary/aromatic N) is 3. The highest BCUT2D eigenvalue weighted by Crippen LogP contribution is 2.30. The van der Waals surface area contributed by atoms with Gasteiger partial charge in [-0.05, 0) is 24.6 Å². The van der Waals surface area contributed by atoms with Crippen molar-refractivity contribution in [1.29, 1.82) is 0 Å². The van der Waals surface area contributed by atoms with E-state index in [1.165, 1.54) is 30.3 Å². The lowest BCUT2D eigenvalue weighted by Gasteiger charge is -2.13. The Morgan fingerprint density at radius 2 is 1.72 bits per heavy atom. The fourth-order valence-electron chi connectivity index (χ4n) is 3.02. The van der Waals surface area contributed by atoms with Crippen molar-refractivity contribution >= 4 is 40.8 Å². The Kier molecular flexibility index (Phi) is 5.91. The van der Waals surface area contributed by atoms with Crippen LogP contribution in [-0.2, 0) is 14.3 Å². The minimum Gasteiger partial charge on any atom is -0.454 e. The van der Waals surface area contributed by atoms with Crippen molar-refractivity contribution in [1.82, 2.24) is 4.90 Å². The van der Waals surface area contributed by atoms with Crippen LogP contribution in [0.5, 0.6) is 0 Å². The van der Waals surface area contributed by atoms with Crippen molar-refractivity contribution in [3.05, 3.63) is 73.3 Å². The van der Waals surface area contributed by atoms with Crippen LogP contribution in [0.2, 0.25) is 0 Å². The normalized spacial score (nSPS) is 12.3. The van der Waals surface area contributed by atoms with Crippen molar-refractivity contribution in [3.63, 3.8) is 0 Å². The SMILES string of the molecule is Cc1ccc(NC(=O)COC(=O)CN2C(=O)c3cccc([N+](=O)[O-])c3C2=O)c([N+](=O)[O-])c1. The summed E-state index contributed by atoms with van der Waals surface area (Å²) in [7, 11) is 0. The lowest BCUT2D eigenvalue weighted by Crippen LogP contribution is -2.36. The number of hydrogen-bond acceptors (Lipinski definition) is 9. The van der Waals surface area contributed by atoms with Crippen LogP contribution in [0.15, 0.2) is 36.4 Å². The smallest absolute Gasteiger partial charge is 0.326 e. The van der Waals surface area contributed by atoms with Gasteiger partial charge < -0.3 is 10.1 Å². The number of nitro benzene ring substituents is 2. The van der Waals surface area contributed by atoms with Crippen molar-refractivity contribution in [3.8, 4) is 0 Å². The number of benzene rings is 2. The Morgan fingerprint density at radius 3 is 2.38 bits per heavy atom. The highest BCUT2D eigenvalue weighted by Gasteiger charge is 2.42. The van der Waals surface area contributed by atoms with E-state index in [-0.39, 0.29) is 16.9 Å². The van der Waals surface area contributed by atoms with Crippen molar-refractivity contribution < 1.29 is 33.8 Å². The molecule has 2 aromatic rings. The highest BCUT2D eigenvalue weighted by molar-refractivity contribution is 6.24. The maximum absolute atomic E-state index is 12.4. The van der Waals surface area contributed by atoms with E-state index in [2.05, 4.69) is 5.32 Å². The van der Waals surface area contributed by atoms with Gasteiger partial charge in [-0.25, -0.2) is 0 Å². The maximum Gasteiger partial charge on any atom is 0.326 e. The second-order valence-corrected chi connectivity index (χ2v) is 6.64. The molecule has 1 aliphatic rings. The summed E-state index contributed by atoms with van der Waals surface area (Å²) in [5.41, 5.74) is -1.08. The molecule has 1 aliphatic heterocycles. The van der Waals surface area contributed by atoms with Gasteiger partial charge in [0.25, 0.3) is 29.1 Å². The largest absolute Gasteiger partial charge is 0.454 e. The van der Waals surface area contributed by atoms with E-state index >= 15 is 0 Å². The number of aryl methyl sites for hydroxylation is 1. The summed E-state index contributed by atoms with van der Waals surface area (Å²) in [6.07, 6.45) is 0. The van der Waals surface area contributed by atoms with Crippen LogP contribution in [0.4, 0.5) is 17.1 Å². The summed E-state index contributed by atoms with van der Waals surface area (Å²) in [5, 5.41) is 24.4. The molecule has 0 saturated heterocycles. The first-order valence-corrected chi connectivity index (χ1v) is 8.94. The Labute approximate surface area is 178 Å². The molecule has 0 atom stereocenters. The number of nitrogens with one attached hydrogen (secondary N) is 1. The lowest BCUT2D eigenvalue weighted by molar-refractivity contribution is -0.385. The number of fused-ring (bicyclic) bond motifs is 1. The molecular formula is C19H14N4O9. The topological polar surface area (TPSA) is 179 Å². The molecule has 3 amide bonds. The zero-order chi connectivity index (χ0) is 23.6. The van der Waals surface area contributed by atoms with E-state index in [1.54, 1.807) is 6.92 Å². The van der Waals surface area contributed by atoms with Gasteiger partial charge in [0.15, 0.2) is 6.61 Å². The molecule has 1 heterocycles. The van der Waals surface area contributed by atoms with Crippen molar-refractivity contribution in [2.75, 3.05) is 18.5 Å². The summed E-state index contributed by atoms with van der Waals surface area (Å²) in [6.45, 7) is -0.0805. The molecule has 0 aromatic heterocycles. The van der Waals surface area contributed by atoms with Crippen LogP contribution >= 0.6 is 0 Å². The number of nitro groups is 2. The molecule has 164 valence electrons. The summed E-state index contributed by atoms with van der Waals surface area (Å²) < 4.78 is 4.73. The van der Waals surface area contributed by atoms with Crippen LogP contribution < -0.4 is 5.32 Å². The molecule has 0 unspecified atom stereocenters. The summed E-state index contributed by atoms with van der Waals surface area (Å²) in [6, 6.07) is 7.62. The fraction of sp³-hybridized carbons (Fsp3) is 0.158. The molecule has 0 bridgehead atoms. The van der Waals surface area contributed by atoms with E-state index in [0.29, 0.717) is 10.5 Å². The Balaban J connectivity index is 1.62. The predicted octanol–water partition coefficient (Wildman–Crippen LogP) is 1.59. The lowest BCUT2D eigenvalue weighted by atomic mass is 10.1. The number of carbonyl (C=O) groups is 4. The highest BCUT2D eigenvalue weighted by atomic mass is 16.6. The van der Waals surface area contributed by atoms with E-state index in [4.69, 9.17) is 4.74 Å². The average molecular weight is 442 g/mol. The van der Waals surface area contributed by atoms with Gasteiger partial charge in [-0.1, -0.05) is 12.1 Å². The summed E-state index contributed by atoms with van der Waals surface area (Å²) in [5.74, 6) is -3.96. The van der Waals surface area contributed by atoms with Crippen LogP contribution in [-0.4, -0.2) is 51.6 Å². The van der Waals surface area contributed by atoms with Gasteiger partial charge in [-0.2, -0.15) is 0 Å². The molecule has 3 rings (SSSR count). The molecule has 13 heteroatoms. The average Bonchev–Trinajstić information content (AvgIpc) is 2.98. The van der Waals surface area contributed by atoms with Crippen LogP contribution in [0, 0.1) is 27.2 Å². The third-order valence-electron chi connectivity index (χ3n) is 4.45. The van der Waals surface area contributed by atoms with Crippen molar-refractivity contribution in [2.45, 2.75) is 6.92 Å². The second kappa shape index (κ2) is 8.59. The first-order valence-electron chi connectivity index (χ1n) is 8.94. The number of ether oxygens (including phenoxy) is 1. The second-order valence-electron chi connectivity index (χ2n) is 6.64. The van der Waals surface area contributed by atoms with Gasteiger partial charge in [0.2, 0.25) is 0 Å². The first kappa shape index (κ1) is 22.0.